The van der Waals surface area contributed by atoms with Gasteiger partial charge in [-0.1, -0.05) is 0 Å². The summed E-state index contributed by atoms with van der Waals surface area (Å²) in [6.45, 7) is 2.32. The van der Waals surface area contributed by atoms with Crippen molar-refractivity contribution in [2.45, 2.75) is 12.5 Å². The monoisotopic (exact) mass is 365 g/mol. The number of aliphatic carboxylic acids is 1. The van der Waals surface area contributed by atoms with Gasteiger partial charge in [0.15, 0.2) is 5.96 Å². The number of hydrogen-bond acceptors (Lipinski definition) is 8. The molecule has 10 nitrogen and oxygen atoms in total. The summed E-state index contributed by atoms with van der Waals surface area (Å²) in [5, 5.41) is 27.2. The van der Waals surface area contributed by atoms with Crippen LogP contribution in [0.2, 0.25) is 0 Å². The van der Waals surface area contributed by atoms with Crippen molar-refractivity contribution < 1.29 is 24.5 Å². The van der Waals surface area contributed by atoms with Gasteiger partial charge in [-0.25, -0.2) is 0 Å². The number of carboxylic acid groups (broad SMARTS) is 1. The first-order valence-corrected chi connectivity index (χ1v) is 8.22. The molecule has 0 radical (unpaired) electrons. The lowest BCUT2D eigenvalue weighted by molar-refractivity contribution is -0.138. The van der Waals surface area contributed by atoms with Crippen LogP contribution < -0.4 is 26.4 Å². The molecule has 0 fully saturated rings. The summed E-state index contributed by atoms with van der Waals surface area (Å²) < 4.78 is 5.51. The predicted molar refractivity (Wildman–Crippen MR) is 94.5 cm³/mol. The summed E-state index contributed by atoms with van der Waals surface area (Å²) in [7, 11) is 0. The number of carbonyl (C=O) groups is 2. The Labute approximate surface area is 150 Å². The van der Waals surface area contributed by atoms with E-state index >= 15 is 0 Å². The summed E-state index contributed by atoms with van der Waals surface area (Å²) in [5.74, 6) is -0.957. The number of hydrogen-bond donors (Lipinski definition) is 6. The molecule has 2 rings (SSSR count). The molecular weight excluding hydrogens is 342 g/mol. The van der Waals surface area contributed by atoms with Gasteiger partial charge in [0.1, 0.15) is 24.1 Å². The quantitative estimate of drug-likeness (QED) is 0.315. The lowest BCUT2D eigenvalue weighted by atomic mass is 10.1. The zero-order valence-corrected chi connectivity index (χ0v) is 14.2. The van der Waals surface area contributed by atoms with E-state index in [4.69, 9.17) is 15.6 Å². The molecule has 10 heteroatoms. The Morgan fingerprint density at radius 2 is 2.23 bits per heavy atom. The maximum atomic E-state index is 11.9. The lowest BCUT2D eigenvalue weighted by Crippen LogP contribution is -2.42. The average molecular weight is 365 g/mol. The van der Waals surface area contributed by atoms with Gasteiger partial charge in [-0.05, 0) is 18.6 Å². The molecule has 1 amide bonds. The largest absolute Gasteiger partial charge is 0.507 e. The summed E-state index contributed by atoms with van der Waals surface area (Å²) in [4.78, 5) is 26.8. The van der Waals surface area contributed by atoms with E-state index in [9.17, 15) is 14.7 Å². The van der Waals surface area contributed by atoms with Crippen molar-refractivity contribution in [3.63, 3.8) is 0 Å². The van der Waals surface area contributed by atoms with Crippen molar-refractivity contribution in [3.8, 4) is 11.5 Å². The Balaban J connectivity index is 1.79. The molecule has 1 heterocycles. The highest BCUT2D eigenvalue weighted by Gasteiger charge is 2.16. The molecule has 0 saturated heterocycles. The first kappa shape index (κ1) is 19.3. The summed E-state index contributed by atoms with van der Waals surface area (Å²) in [5.41, 5.74) is 5.32. The van der Waals surface area contributed by atoms with Crippen molar-refractivity contribution in [1.82, 2.24) is 16.0 Å². The van der Waals surface area contributed by atoms with Crippen molar-refractivity contribution in [2.75, 3.05) is 32.8 Å². The minimum atomic E-state index is -1.22. The number of phenolic OH excluding ortho intramolecular Hbond substituents is 1. The highest BCUT2D eigenvalue weighted by Crippen LogP contribution is 2.23. The molecule has 0 spiro atoms. The van der Waals surface area contributed by atoms with Crippen molar-refractivity contribution in [1.29, 1.82) is 0 Å². The normalized spacial score (nSPS) is 14.6. The number of nitrogens with zero attached hydrogens (tertiary/aromatic N) is 1. The fourth-order valence-electron chi connectivity index (χ4n) is 2.17. The molecule has 0 aliphatic carbocycles. The van der Waals surface area contributed by atoms with Crippen LogP contribution in [-0.2, 0) is 4.79 Å². The molecule has 1 aliphatic rings. The highest BCUT2D eigenvalue weighted by molar-refractivity contribution is 5.97. The number of guanidine groups is 1. The maximum absolute atomic E-state index is 11.9. The van der Waals surface area contributed by atoms with E-state index in [2.05, 4.69) is 20.9 Å². The predicted octanol–water partition coefficient (Wildman–Crippen LogP) is -1.15. The molecule has 0 saturated carbocycles. The van der Waals surface area contributed by atoms with Crippen LogP contribution in [0.3, 0.4) is 0 Å². The Morgan fingerprint density at radius 3 is 2.88 bits per heavy atom. The van der Waals surface area contributed by atoms with E-state index in [0.29, 0.717) is 18.9 Å². The van der Waals surface area contributed by atoms with Crippen LogP contribution in [0, 0.1) is 0 Å². The molecule has 1 aromatic rings. The van der Waals surface area contributed by atoms with E-state index in [1.165, 1.54) is 12.1 Å². The van der Waals surface area contributed by atoms with Crippen LogP contribution in [0.1, 0.15) is 16.8 Å². The van der Waals surface area contributed by atoms with Gasteiger partial charge in [-0.15, -0.1) is 0 Å². The number of carboxylic acids is 1. The maximum Gasteiger partial charge on any atom is 0.322 e. The minimum Gasteiger partial charge on any atom is -0.507 e. The van der Waals surface area contributed by atoms with Crippen molar-refractivity contribution in [2.24, 2.45) is 10.7 Å². The van der Waals surface area contributed by atoms with E-state index in [1.807, 2.05) is 0 Å². The molecule has 1 aliphatic heterocycles. The number of aromatic hydroxyl groups is 1. The lowest BCUT2D eigenvalue weighted by Gasteiger charge is -2.16. The van der Waals surface area contributed by atoms with Gasteiger partial charge in [0.05, 0.1) is 12.1 Å². The fourth-order valence-corrected chi connectivity index (χ4v) is 2.17. The summed E-state index contributed by atoms with van der Waals surface area (Å²) in [6, 6.07) is 3.05. The first-order chi connectivity index (χ1) is 12.5. The summed E-state index contributed by atoms with van der Waals surface area (Å²) in [6.07, 6.45) is 1.02. The Morgan fingerprint density at radius 1 is 1.42 bits per heavy atom. The van der Waals surface area contributed by atoms with Gasteiger partial charge >= 0.3 is 5.97 Å². The van der Waals surface area contributed by atoms with Crippen LogP contribution in [0.5, 0.6) is 11.5 Å². The van der Waals surface area contributed by atoms with Gasteiger partial charge in [0.25, 0.3) is 5.91 Å². The van der Waals surface area contributed by atoms with Crippen LogP contribution in [0.4, 0.5) is 0 Å². The zero-order chi connectivity index (χ0) is 18.9. The number of rotatable bonds is 8. The van der Waals surface area contributed by atoms with Gasteiger partial charge < -0.3 is 36.6 Å². The number of benzene rings is 1. The van der Waals surface area contributed by atoms with Crippen molar-refractivity contribution >= 4 is 17.8 Å². The number of phenols is 1. The molecule has 0 bridgehead atoms. The second-order valence-electron chi connectivity index (χ2n) is 5.62. The molecule has 0 aromatic heterocycles. The number of ether oxygens (including phenoxy) is 1. The van der Waals surface area contributed by atoms with Crippen LogP contribution >= 0.6 is 0 Å². The first-order valence-electron chi connectivity index (χ1n) is 8.22. The number of carbonyl (C=O) groups excluding carboxylic acids is 1. The Kier molecular flexibility index (Phi) is 7.03. The van der Waals surface area contributed by atoms with Crippen LogP contribution in [0.15, 0.2) is 23.2 Å². The number of amides is 1. The SMILES string of the molecule is NC(CNC(=O)c1ccc(OCCNC2=NCCCN2)cc1O)C(=O)O. The van der Waals surface area contributed by atoms with E-state index in [1.54, 1.807) is 6.07 Å². The third-order valence-electron chi connectivity index (χ3n) is 3.57. The number of nitrogens with two attached hydrogens (primary N) is 1. The Hall–Kier alpha value is -3.01. The van der Waals surface area contributed by atoms with Crippen LogP contribution in [0.25, 0.3) is 0 Å². The topological polar surface area (TPSA) is 158 Å². The molecule has 1 unspecified atom stereocenters. The zero-order valence-electron chi connectivity index (χ0n) is 14.2. The second-order valence-corrected chi connectivity index (χ2v) is 5.62. The second kappa shape index (κ2) is 9.47. The van der Waals surface area contributed by atoms with Crippen molar-refractivity contribution in [3.05, 3.63) is 23.8 Å². The number of aliphatic imine (C=N–C) groups is 1. The van der Waals surface area contributed by atoms with Crippen LogP contribution in [-0.4, -0.2) is 66.9 Å². The molecule has 7 N–H and O–H groups in total. The van der Waals surface area contributed by atoms with E-state index < -0.39 is 17.9 Å². The van der Waals surface area contributed by atoms with E-state index in [0.717, 1.165) is 25.5 Å². The molecular formula is C16H23N5O5. The minimum absolute atomic E-state index is 0.00817. The third-order valence-corrected chi connectivity index (χ3v) is 3.57. The number of nitrogens with one attached hydrogen (secondary N) is 3. The Bertz CT molecular complexity index is 679. The van der Waals surface area contributed by atoms with Gasteiger partial charge in [0, 0.05) is 25.7 Å². The third kappa shape index (κ3) is 5.81. The van der Waals surface area contributed by atoms with E-state index in [-0.39, 0.29) is 17.9 Å². The van der Waals surface area contributed by atoms with Gasteiger partial charge in [-0.2, -0.15) is 0 Å². The van der Waals surface area contributed by atoms with Gasteiger partial charge in [-0.3, -0.25) is 14.6 Å². The average Bonchev–Trinajstić information content (AvgIpc) is 2.64. The summed E-state index contributed by atoms with van der Waals surface area (Å²) >= 11 is 0. The molecule has 1 aromatic carbocycles. The standard InChI is InChI=1S/C16H23N5O5/c17-12(15(24)25)9-21-14(23)11-3-2-10(8-13(11)22)26-7-6-20-16-18-4-1-5-19-16/h2-3,8,12,22H,1,4-7,9,17H2,(H,21,23)(H,24,25)(H2,18,19,20). The smallest absolute Gasteiger partial charge is 0.322 e. The van der Waals surface area contributed by atoms with Gasteiger partial charge in [0.2, 0.25) is 0 Å². The fraction of sp³-hybridized carbons (Fsp3) is 0.438. The highest BCUT2D eigenvalue weighted by atomic mass is 16.5. The molecule has 1 atom stereocenters. The molecule has 26 heavy (non-hydrogen) atoms. The molecule has 142 valence electrons.